The van der Waals surface area contributed by atoms with E-state index in [1.807, 2.05) is 0 Å². The molecule has 1 fully saturated rings. The average Bonchev–Trinajstić information content (AvgIpc) is 2.26. The fraction of sp³-hybridized carbons (Fsp3) is 1.00. The Kier molecular flexibility index (Phi) is 6.50. The lowest BCUT2D eigenvalue weighted by Crippen LogP contribution is -2.40. The van der Waals surface area contributed by atoms with Gasteiger partial charge in [0.05, 0.1) is 0 Å². The van der Waals surface area contributed by atoms with Gasteiger partial charge in [-0.25, -0.2) is 0 Å². The van der Waals surface area contributed by atoms with E-state index in [2.05, 4.69) is 45.0 Å². The maximum absolute atomic E-state index is 3.54. The van der Waals surface area contributed by atoms with Crippen molar-refractivity contribution in [2.24, 2.45) is 11.8 Å². The van der Waals surface area contributed by atoms with E-state index >= 15 is 0 Å². The highest BCUT2D eigenvalue weighted by Gasteiger charge is 2.23. The molecule has 102 valence electrons. The van der Waals surface area contributed by atoms with E-state index < -0.39 is 0 Å². The van der Waals surface area contributed by atoms with Gasteiger partial charge >= 0.3 is 0 Å². The minimum absolute atomic E-state index is 0.609. The molecule has 3 atom stereocenters. The summed E-state index contributed by atoms with van der Waals surface area (Å²) in [6.07, 6.45) is 5.68. The van der Waals surface area contributed by atoms with Gasteiger partial charge in [-0.1, -0.05) is 40.5 Å². The summed E-state index contributed by atoms with van der Waals surface area (Å²) in [5, 5.41) is 3.54. The van der Waals surface area contributed by atoms with Crippen molar-refractivity contribution in [3.05, 3.63) is 0 Å². The van der Waals surface area contributed by atoms with Gasteiger partial charge in [-0.3, -0.25) is 0 Å². The number of nitrogens with zero attached hydrogens (tertiary/aromatic N) is 1. The van der Waals surface area contributed by atoms with E-state index in [-0.39, 0.29) is 0 Å². The van der Waals surface area contributed by atoms with E-state index in [1.165, 1.54) is 32.2 Å². The zero-order chi connectivity index (χ0) is 12.8. The minimum atomic E-state index is 0.609. The molecule has 1 aliphatic rings. The Bertz CT molecular complexity index is 203. The maximum atomic E-state index is 3.54. The molecule has 0 radical (unpaired) electrons. The second kappa shape index (κ2) is 7.38. The fourth-order valence-electron chi connectivity index (χ4n) is 2.94. The van der Waals surface area contributed by atoms with Gasteiger partial charge in [0, 0.05) is 18.6 Å². The van der Waals surface area contributed by atoms with Crippen LogP contribution in [0.5, 0.6) is 0 Å². The fourth-order valence-corrected chi connectivity index (χ4v) is 2.94. The smallest absolute Gasteiger partial charge is 0.00948 e. The molecule has 2 heteroatoms. The third kappa shape index (κ3) is 5.87. The molecule has 1 aliphatic carbocycles. The van der Waals surface area contributed by atoms with Crippen LogP contribution in [-0.4, -0.2) is 37.1 Å². The molecule has 0 aromatic heterocycles. The molecule has 0 bridgehead atoms. The van der Waals surface area contributed by atoms with Crippen LogP contribution in [0.4, 0.5) is 0 Å². The van der Waals surface area contributed by atoms with Gasteiger partial charge in [-0.15, -0.1) is 0 Å². The number of rotatable bonds is 6. The van der Waals surface area contributed by atoms with Crippen molar-refractivity contribution in [2.45, 2.75) is 65.5 Å². The molecule has 0 amide bonds. The second-order valence-corrected chi connectivity index (χ2v) is 6.53. The summed E-state index contributed by atoms with van der Waals surface area (Å²) in [5.74, 6) is 1.68. The van der Waals surface area contributed by atoms with Crippen LogP contribution < -0.4 is 5.32 Å². The molecule has 0 spiro atoms. The first-order valence-electron chi connectivity index (χ1n) is 7.42. The highest BCUT2D eigenvalue weighted by Crippen LogP contribution is 2.26. The number of nitrogens with one attached hydrogen (secondary N) is 1. The Morgan fingerprint density at radius 2 is 1.94 bits per heavy atom. The molecule has 0 heterocycles. The standard InChI is InChI=1S/C15H32N2/c1-12(2)16-10-14(4)11-17(5)15-8-6-7-13(3)9-15/h12-16H,6-11H2,1-5H3. The van der Waals surface area contributed by atoms with E-state index in [4.69, 9.17) is 0 Å². The monoisotopic (exact) mass is 240 g/mol. The summed E-state index contributed by atoms with van der Waals surface area (Å²) >= 11 is 0. The molecule has 1 N–H and O–H groups in total. The molecule has 1 saturated carbocycles. The maximum Gasteiger partial charge on any atom is 0.00948 e. The minimum Gasteiger partial charge on any atom is -0.314 e. The third-order valence-electron chi connectivity index (χ3n) is 4.01. The third-order valence-corrected chi connectivity index (χ3v) is 4.01. The molecular formula is C15H32N2. The molecule has 0 aromatic rings. The Morgan fingerprint density at radius 3 is 2.53 bits per heavy atom. The Hall–Kier alpha value is -0.0800. The van der Waals surface area contributed by atoms with Crippen LogP contribution in [0.3, 0.4) is 0 Å². The lowest BCUT2D eigenvalue weighted by molar-refractivity contribution is 0.146. The van der Waals surface area contributed by atoms with Crippen LogP contribution in [-0.2, 0) is 0 Å². The van der Waals surface area contributed by atoms with Crippen molar-refractivity contribution < 1.29 is 0 Å². The van der Waals surface area contributed by atoms with Crippen molar-refractivity contribution in [1.82, 2.24) is 10.2 Å². The van der Waals surface area contributed by atoms with Crippen LogP contribution in [0, 0.1) is 11.8 Å². The van der Waals surface area contributed by atoms with Crippen molar-refractivity contribution >= 4 is 0 Å². The predicted octanol–water partition coefficient (Wildman–Crippen LogP) is 3.13. The summed E-state index contributed by atoms with van der Waals surface area (Å²) in [7, 11) is 2.31. The van der Waals surface area contributed by atoms with Crippen molar-refractivity contribution in [3.8, 4) is 0 Å². The van der Waals surface area contributed by atoms with Crippen molar-refractivity contribution in [1.29, 1.82) is 0 Å². The van der Waals surface area contributed by atoms with Crippen molar-refractivity contribution in [2.75, 3.05) is 20.1 Å². The molecule has 17 heavy (non-hydrogen) atoms. The summed E-state index contributed by atoms with van der Waals surface area (Å²) in [6, 6.07) is 1.44. The van der Waals surface area contributed by atoms with E-state index in [9.17, 15) is 0 Å². The first-order chi connectivity index (χ1) is 7.99. The molecule has 0 aromatic carbocycles. The van der Waals surface area contributed by atoms with Crippen LogP contribution >= 0.6 is 0 Å². The first kappa shape index (κ1) is 15.0. The Balaban J connectivity index is 2.24. The lowest BCUT2D eigenvalue weighted by Gasteiger charge is -2.35. The summed E-state index contributed by atoms with van der Waals surface area (Å²) in [5.41, 5.74) is 0. The molecule has 0 saturated heterocycles. The van der Waals surface area contributed by atoms with Gasteiger partial charge in [0.2, 0.25) is 0 Å². The van der Waals surface area contributed by atoms with E-state index in [0.29, 0.717) is 6.04 Å². The Labute approximate surface area is 108 Å². The number of hydrogen-bond acceptors (Lipinski definition) is 2. The highest BCUT2D eigenvalue weighted by molar-refractivity contribution is 4.78. The zero-order valence-electron chi connectivity index (χ0n) is 12.5. The first-order valence-corrected chi connectivity index (χ1v) is 7.42. The summed E-state index contributed by atoms with van der Waals surface area (Å²) in [6.45, 7) is 11.6. The quantitative estimate of drug-likeness (QED) is 0.767. The largest absolute Gasteiger partial charge is 0.314 e. The summed E-state index contributed by atoms with van der Waals surface area (Å²) in [4.78, 5) is 2.60. The van der Waals surface area contributed by atoms with Gasteiger partial charge in [0.25, 0.3) is 0 Å². The van der Waals surface area contributed by atoms with Gasteiger partial charge in [-0.05, 0) is 38.3 Å². The molecule has 3 unspecified atom stereocenters. The highest BCUT2D eigenvalue weighted by atomic mass is 15.1. The Morgan fingerprint density at radius 1 is 1.24 bits per heavy atom. The SMILES string of the molecule is CC1CCCC(N(C)CC(C)CNC(C)C)C1. The van der Waals surface area contributed by atoms with Crippen LogP contribution in [0.15, 0.2) is 0 Å². The van der Waals surface area contributed by atoms with E-state index in [1.54, 1.807) is 0 Å². The van der Waals surface area contributed by atoms with Gasteiger partial charge in [-0.2, -0.15) is 0 Å². The zero-order valence-corrected chi connectivity index (χ0v) is 12.5. The molecular weight excluding hydrogens is 208 g/mol. The second-order valence-electron chi connectivity index (χ2n) is 6.53. The molecule has 0 aliphatic heterocycles. The van der Waals surface area contributed by atoms with Gasteiger partial charge < -0.3 is 10.2 Å². The van der Waals surface area contributed by atoms with E-state index in [0.717, 1.165) is 24.4 Å². The topological polar surface area (TPSA) is 15.3 Å². The molecule has 1 rings (SSSR count). The van der Waals surface area contributed by atoms with Gasteiger partial charge in [0.15, 0.2) is 0 Å². The van der Waals surface area contributed by atoms with Crippen LogP contribution in [0.2, 0.25) is 0 Å². The van der Waals surface area contributed by atoms with Gasteiger partial charge in [0.1, 0.15) is 0 Å². The molecule has 2 nitrogen and oxygen atoms in total. The van der Waals surface area contributed by atoms with Crippen LogP contribution in [0.25, 0.3) is 0 Å². The van der Waals surface area contributed by atoms with Crippen LogP contribution in [0.1, 0.15) is 53.4 Å². The predicted molar refractivity (Wildman–Crippen MR) is 76.4 cm³/mol. The summed E-state index contributed by atoms with van der Waals surface area (Å²) < 4.78 is 0. The average molecular weight is 240 g/mol. The lowest BCUT2D eigenvalue weighted by atomic mass is 9.86. The number of hydrogen-bond donors (Lipinski definition) is 1. The van der Waals surface area contributed by atoms with Crippen molar-refractivity contribution in [3.63, 3.8) is 0 Å². The normalized spacial score (nSPS) is 27.7.